The summed E-state index contributed by atoms with van der Waals surface area (Å²) in [4.78, 5) is 8.36. The van der Waals surface area contributed by atoms with Crippen molar-refractivity contribution in [1.29, 1.82) is 0 Å². The molecule has 3 rings (SSSR count). The first-order chi connectivity index (χ1) is 7.43. The Hall–Kier alpha value is -1.17. The molecule has 0 bridgehead atoms. The molecule has 2 aromatic rings. The predicted molar refractivity (Wildman–Crippen MR) is 67.6 cm³/mol. The van der Waals surface area contributed by atoms with Crippen molar-refractivity contribution in [3.63, 3.8) is 0 Å². The van der Waals surface area contributed by atoms with E-state index in [-0.39, 0.29) is 24.8 Å². The van der Waals surface area contributed by atoms with Crippen LogP contribution in [-0.2, 0) is 0 Å². The van der Waals surface area contributed by atoms with Crippen molar-refractivity contribution < 1.29 is 4.52 Å². The first-order valence-electron chi connectivity index (χ1n) is 4.88. The van der Waals surface area contributed by atoms with Crippen LogP contribution < -0.4 is 5.32 Å². The van der Waals surface area contributed by atoms with Crippen molar-refractivity contribution in [2.75, 3.05) is 13.1 Å². The summed E-state index contributed by atoms with van der Waals surface area (Å²) >= 11 is 0. The van der Waals surface area contributed by atoms with E-state index in [2.05, 4.69) is 20.4 Å². The molecule has 1 aliphatic rings. The Morgan fingerprint density at radius 1 is 1.29 bits per heavy atom. The second-order valence-corrected chi connectivity index (χ2v) is 3.55. The van der Waals surface area contributed by atoms with Gasteiger partial charge in [-0.05, 0) is 12.1 Å². The second-order valence-electron chi connectivity index (χ2n) is 3.55. The Bertz CT molecular complexity index is 458. The minimum Gasteiger partial charge on any atom is -0.339 e. The Kier molecular flexibility index (Phi) is 4.86. The molecule has 0 unspecified atom stereocenters. The van der Waals surface area contributed by atoms with Crippen molar-refractivity contribution in [3.8, 4) is 11.4 Å². The number of aromatic nitrogens is 3. The molecule has 1 saturated heterocycles. The molecule has 5 nitrogen and oxygen atoms in total. The molecule has 1 aliphatic heterocycles. The van der Waals surface area contributed by atoms with Crippen LogP contribution in [0.2, 0.25) is 0 Å². The molecule has 1 N–H and O–H groups in total. The van der Waals surface area contributed by atoms with E-state index in [0.717, 1.165) is 18.7 Å². The zero-order valence-electron chi connectivity index (χ0n) is 8.87. The Morgan fingerprint density at radius 3 is 2.71 bits per heavy atom. The van der Waals surface area contributed by atoms with E-state index in [1.807, 2.05) is 12.1 Å². The van der Waals surface area contributed by atoms with E-state index in [9.17, 15) is 0 Å². The van der Waals surface area contributed by atoms with Gasteiger partial charge in [0, 0.05) is 31.0 Å². The third-order valence-electron chi connectivity index (χ3n) is 2.49. The number of rotatable bonds is 2. The molecule has 92 valence electrons. The maximum absolute atomic E-state index is 5.19. The minimum absolute atomic E-state index is 0. The number of nitrogens with one attached hydrogen (secondary N) is 1. The third kappa shape index (κ3) is 2.74. The van der Waals surface area contributed by atoms with E-state index < -0.39 is 0 Å². The van der Waals surface area contributed by atoms with Crippen LogP contribution in [0.5, 0.6) is 0 Å². The summed E-state index contributed by atoms with van der Waals surface area (Å²) < 4.78 is 5.19. The van der Waals surface area contributed by atoms with Gasteiger partial charge >= 0.3 is 0 Å². The maximum Gasteiger partial charge on any atom is 0.232 e. The predicted octanol–water partition coefficient (Wildman–Crippen LogP) is 1.66. The number of pyridine rings is 1. The number of hydrogen-bond donors (Lipinski definition) is 1. The van der Waals surface area contributed by atoms with Gasteiger partial charge in [0.25, 0.3) is 0 Å². The van der Waals surface area contributed by atoms with E-state index in [0.29, 0.717) is 17.6 Å². The fourth-order valence-corrected chi connectivity index (χ4v) is 1.48. The lowest BCUT2D eigenvalue weighted by atomic mass is 10.0. The number of nitrogens with zero attached hydrogens (tertiary/aromatic N) is 3. The summed E-state index contributed by atoms with van der Waals surface area (Å²) in [5, 5.41) is 7.10. The quantitative estimate of drug-likeness (QED) is 0.903. The molecule has 7 heteroatoms. The lowest BCUT2D eigenvalue weighted by molar-refractivity contribution is 0.308. The number of hydrogen-bond acceptors (Lipinski definition) is 5. The molecule has 0 atom stereocenters. The topological polar surface area (TPSA) is 63.8 Å². The van der Waals surface area contributed by atoms with Crippen molar-refractivity contribution in [3.05, 3.63) is 30.4 Å². The average molecular weight is 275 g/mol. The summed E-state index contributed by atoms with van der Waals surface area (Å²) in [6.07, 6.45) is 3.45. The Balaban J connectivity index is 0.000000722. The number of halogens is 2. The molecule has 0 aromatic carbocycles. The van der Waals surface area contributed by atoms with Crippen LogP contribution in [0.1, 0.15) is 11.8 Å². The van der Waals surface area contributed by atoms with Gasteiger partial charge < -0.3 is 9.84 Å². The van der Waals surface area contributed by atoms with E-state index in [1.54, 1.807) is 12.4 Å². The fraction of sp³-hybridized carbons (Fsp3) is 0.300. The van der Waals surface area contributed by atoms with Gasteiger partial charge in [0.2, 0.25) is 11.7 Å². The highest BCUT2D eigenvalue weighted by Crippen LogP contribution is 2.21. The molecule has 2 aromatic heterocycles. The van der Waals surface area contributed by atoms with Gasteiger partial charge in [-0.2, -0.15) is 4.98 Å². The zero-order valence-corrected chi connectivity index (χ0v) is 10.5. The van der Waals surface area contributed by atoms with Crippen LogP contribution in [0.25, 0.3) is 11.4 Å². The van der Waals surface area contributed by atoms with Gasteiger partial charge in [0.1, 0.15) is 0 Å². The molecule has 1 fully saturated rings. The normalized spacial score (nSPS) is 14.4. The highest BCUT2D eigenvalue weighted by molar-refractivity contribution is 5.85. The SMILES string of the molecule is Cl.Cl.c1cncc(-c2noc(C3CNC3)n2)c1. The van der Waals surface area contributed by atoms with Gasteiger partial charge in [-0.3, -0.25) is 4.98 Å². The highest BCUT2D eigenvalue weighted by Gasteiger charge is 2.25. The van der Waals surface area contributed by atoms with Crippen LogP contribution in [0.3, 0.4) is 0 Å². The summed E-state index contributed by atoms with van der Waals surface area (Å²) in [6, 6.07) is 3.77. The van der Waals surface area contributed by atoms with Crippen molar-refractivity contribution in [2.45, 2.75) is 5.92 Å². The second kappa shape index (κ2) is 5.95. The lowest BCUT2D eigenvalue weighted by Gasteiger charge is -2.22. The first kappa shape index (κ1) is 13.9. The van der Waals surface area contributed by atoms with Crippen LogP contribution in [0, 0.1) is 0 Å². The van der Waals surface area contributed by atoms with E-state index >= 15 is 0 Å². The van der Waals surface area contributed by atoms with Gasteiger partial charge in [-0.15, -0.1) is 24.8 Å². The molecule has 0 spiro atoms. The van der Waals surface area contributed by atoms with Gasteiger partial charge in [-0.25, -0.2) is 0 Å². The standard InChI is InChI=1S/C10H10N4O.2ClH/c1-2-7(4-11-3-1)9-13-10(15-14-9)8-5-12-6-8;;/h1-4,8,12H,5-6H2;2*1H. The monoisotopic (exact) mass is 274 g/mol. The average Bonchev–Trinajstić information content (AvgIpc) is 2.66. The zero-order chi connectivity index (χ0) is 10.1. The molecular weight excluding hydrogens is 263 g/mol. The fourth-order valence-electron chi connectivity index (χ4n) is 1.48. The summed E-state index contributed by atoms with van der Waals surface area (Å²) in [6.45, 7) is 1.85. The van der Waals surface area contributed by atoms with E-state index in [4.69, 9.17) is 4.52 Å². The molecule has 0 radical (unpaired) electrons. The summed E-state index contributed by atoms with van der Waals surface area (Å²) in [7, 11) is 0. The molecule has 17 heavy (non-hydrogen) atoms. The van der Waals surface area contributed by atoms with Crippen molar-refractivity contribution in [1.82, 2.24) is 20.4 Å². The Labute approximate surface area is 111 Å². The van der Waals surface area contributed by atoms with Gasteiger partial charge in [-0.1, -0.05) is 5.16 Å². The van der Waals surface area contributed by atoms with Gasteiger partial charge in [0.15, 0.2) is 0 Å². The van der Waals surface area contributed by atoms with Crippen LogP contribution in [-0.4, -0.2) is 28.2 Å². The molecular formula is C10H12Cl2N4O. The van der Waals surface area contributed by atoms with Crippen molar-refractivity contribution >= 4 is 24.8 Å². The maximum atomic E-state index is 5.19. The summed E-state index contributed by atoms with van der Waals surface area (Å²) in [5.41, 5.74) is 0.889. The summed E-state index contributed by atoms with van der Waals surface area (Å²) in [5.74, 6) is 1.71. The van der Waals surface area contributed by atoms with Crippen LogP contribution in [0.15, 0.2) is 29.0 Å². The molecule has 3 heterocycles. The largest absolute Gasteiger partial charge is 0.339 e. The smallest absolute Gasteiger partial charge is 0.232 e. The highest BCUT2D eigenvalue weighted by atomic mass is 35.5. The molecule has 0 saturated carbocycles. The van der Waals surface area contributed by atoms with E-state index in [1.165, 1.54) is 0 Å². The lowest BCUT2D eigenvalue weighted by Crippen LogP contribution is -2.40. The third-order valence-corrected chi connectivity index (χ3v) is 2.49. The van der Waals surface area contributed by atoms with Gasteiger partial charge in [0.05, 0.1) is 5.92 Å². The molecule has 0 amide bonds. The van der Waals surface area contributed by atoms with Crippen LogP contribution >= 0.6 is 24.8 Å². The Morgan fingerprint density at radius 2 is 2.12 bits per heavy atom. The van der Waals surface area contributed by atoms with Crippen LogP contribution in [0.4, 0.5) is 0 Å². The first-order valence-corrected chi connectivity index (χ1v) is 4.88. The minimum atomic E-state index is 0. The molecule has 0 aliphatic carbocycles. The van der Waals surface area contributed by atoms with Crippen molar-refractivity contribution in [2.24, 2.45) is 0 Å².